The minimum atomic E-state index is -0.810. The van der Waals surface area contributed by atoms with E-state index in [0.717, 1.165) is 6.42 Å². The van der Waals surface area contributed by atoms with Crippen LogP contribution in [0.3, 0.4) is 0 Å². The molecule has 1 fully saturated rings. The van der Waals surface area contributed by atoms with Gasteiger partial charge in [-0.1, -0.05) is 37.3 Å². The molecule has 1 atom stereocenters. The second-order valence-corrected chi connectivity index (χ2v) is 8.07. The number of aliphatic hydroxyl groups is 1. The quantitative estimate of drug-likeness (QED) is 0.327. The largest absolute Gasteiger partial charge is 0.507 e. The maximum atomic E-state index is 13.1. The molecule has 2 aromatic rings. The molecular weight excluding hydrogens is 422 g/mol. The van der Waals surface area contributed by atoms with E-state index < -0.39 is 17.7 Å². The van der Waals surface area contributed by atoms with Crippen molar-refractivity contribution < 1.29 is 28.9 Å². The number of ketones is 1. The lowest BCUT2D eigenvalue weighted by molar-refractivity contribution is -0.140. The molecule has 0 aromatic heterocycles. The van der Waals surface area contributed by atoms with E-state index in [2.05, 4.69) is 0 Å². The summed E-state index contributed by atoms with van der Waals surface area (Å²) in [5, 5.41) is 11.3. The highest BCUT2D eigenvalue weighted by atomic mass is 16.5. The minimum absolute atomic E-state index is 0.0172. The Morgan fingerprint density at radius 3 is 2.55 bits per heavy atom. The Kier molecular flexibility index (Phi) is 8.11. The Bertz CT molecular complexity index is 1030. The Morgan fingerprint density at radius 2 is 1.85 bits per heavy atom. The molecule has 1 unspecified atom stereocenters. The van der Waals surface area contributed by atoms with Crippen molar-refractivity contribution in [3.05, 3.63) is 65.2 Å². The van der Waals surface area contributed by atoms with Crippen LogP contribution in [0.15, 0.2) is 54.1 Å². The Balaban J connectivity index is 2.16. The molecule has 176 valence electrons. The van der Waals surface area contributed by atoms with Gasteiger partial charge in [-0.25, -0.2) is 0 Å². The monoisotopic (exact) mass is 453 g/mol. The molecule has 3 rings (SSSR count). The molecule has 1 saturated heterocycles. The molecule has 7 nitrogen and oxygen atoms in total. The average molecular weight is 454 g/mol. The van der Waals surface area contributed by atoms with Gasteiger partial charge in [-0.05, 0) is 38.5 Å². The second-order valence-electron chi connectivity index (χ2n) is 8.07. The lowest BCUT2D eigenvalue weighted by Crippen LogP contribution is -2.33. The fourth-order valence-electron chi connectivity index (χ4n) is 3.80. The molecule has 7 heteroatoms. The summed E-state index contributed by atoms with van der Waals surface area (Å²) in [4.78, 5) is 27.6. The van der Waals surface area contributed by atoms with Gasteiger partial charge in [-0.2, -0.15) is 0 Å². The SMILES string of the molecule is CCCOc1cccc(/C(O)=C2/C(=O)C(=O)N(CCOC)C2c2ccccc2OC(C)C)c1. The molecule has 0 radical (unpaired) electrons. The van der Waals surface area contributed by atoms with Crippen LogP contribution < -0.4 is 9.47 Å². The molecule has 33 heavy (non-hydrogen) atoms. The van der Waals surface area contributed by atoms with Gasteiger partial charge in [0.05, 0.1) is 30.9 Å². The molecule has 0 aliphatic carbocycles. The number of rotatable bonds is 10. The van der Waals surface area contributed by atoms with Crippen LogP contribution in [0, 0.1) is 0 Å². The van der Waals surface area contributed by atoms with E-state index in [4.69, 9.17) is 14.2 Å². The van der Waals surface area contributed by atoms with Crippen molar-refractivity contribution in [2.45, 2.75) is 39.3 Å². The first-order chi connectivity index (χ1) is 15.9. The number of aliphatic hydroxyl groups excluding tert-OH is 1. The van der Waals surface area contributed by atoms with Crippen molar-refractivity contribution in [1.29, 1.82) is 0 Å². The first-order valence-electron chi connectivity index (χ1n) is 11.1. The summed E-state index contributed by atoms with van der Waals surface area (Å²) in [6.45, 7) is 6.78. The fourth-order valence-corrected chi connectivity index (χ4v) is 3.80. The third-order valence-corrected chi connectivity index (χ3v) is 5.23. The molecule has 1 N–H and O–H groups in total. The van der Waals surface area contributed by atoms with E-state index in [1.807, 2.05) is 39.0 Å². The molecule has 2 aromatic carbocycles. The van der Waals surface area contributed by atoms with Crippen LogP contribution in [-0.2, 0) is 14.3 Å². The number of benzene rings is 2. The molecule has 1 heterocycles. The number of amides is 1. The van der Waals surface area contributed by atoms with Gasteiger partial charge < -0.3 is 24.2 Å². The van der Waals surface area contributed by atoms with Crippen LogP contribution in [0.25, 0.3) is 5.76 Å². The van der Waals surface area contributed by atoms with Crippen molar-refractivity contribution in [3.63, 3.8) is 0 Å². The number of ether oxygens (including phenoxy) is 3. The summed E-state index contributed by atoms with van der Waals surface area (Å²) in [7, 11) is 1.53. The fraction of sp³-hybridized carbons (Fsp3) is 0.385. The molecule has 0 bridgehead atoms. The molecule has 1 amide bonds. The number of carbonyl (C=O) groups excluding carboxylic acids is 2. The Labute approximate surface area is 194 Å². The first-order valence-corrected chi connectivity index (χ1v) is 11.1. The normalized spacial score (nSPS) is 17.6. The highest BCUT2D eigenvalue weighted by Crippen LogP contribution is 2.43. The van der Waals surface area contributed by atoms with Crippen LogP contribution in [0.4, 0.5) is 0 Å². The van der Waals surface area contributed by atoms with Crippen LogP contribution in [0.2, 0.25) is 0 Å². The van der Waals surface area contributed by atoms with Crippen molar-refractivity contribution in [2.75, 3.05) is 26.9 Å². The summed E-state index contributed by atoms with van der Waals surface area (Å²) in [5.41, 5.74) is 1.05. The highest BCUT2D eigenvalue weighted by Gasteiger charge is 2.46. The van der Waals surface area contributed by atoms with Crippen LogP contribution >= 0.6 is 0 Å². The predicted octanol–water partition coefficient (Wildman–Crippen LogP) is 4.33. The number of hydrogen-bond donors (Lipinski definition) is 1. The number of carbonyl (C=O) groups is 2. The third-order valence-electron chi connectivity index (χ3n) is 5.23. The number of Topliss-reactive ketones (excluding diaryl/α,β-unsaturated/α-hetero) is 1. The van der Waals surface area contributed by atoms with Gasteiger partial charge in [0, 0.05) is 24.8 Å². The number of para-hydroxylation sites is 1. The van der Waals surface area contributed by atoms with Gasteiger partial charge in [0.1, 0.15) is 17.3 Å². The lowest BCUT2D eigenvalue weighted by Gasteiger charge is -2.27. The molecule has 0 saturated carbocycles. The average Bonchev–Trinajstić information content (AvgIpc) is 3.05. The summed E-state index contributed by atoms with van der Waals surface area (Å²) in [6.07, 6.45) is 0.729. The Morgan fingerprint density at radius 1 is 1.09 bits per heavy atom. The molecule has 1 aliphatic heterocycles. The minimum Gasteiger partial charge on any atom is -0.507 e. The van der Waals surface area contributed by atoms with E-state index in [9.17, 15) is 14.7 Å². The summed E-state index contributed by atoms with van der Waals surface area (Å²) >= 11 is 0. The van der Waals surface area contributed by atoms with Gasteiger partial charge in [-0.3, -0.25) is 9.59 Å². The zero-order chi connectivity index (χ0) is 24.0. The Hall–Kier alpha value is -3.32. The topological polar surface area (TPSA) is 85.3 Å². The van der Waals surface area contributed by atoms with Crippen LogP contribution in [0.5, 0.6) is 11.5 Å². The summed E-state index contributed by atoms with van der Waals surface area (Å²) in [5.74, 6) is -0.550. The van der Waals surface area contributed by atoms with E-state index >= 15 is 0 Å². The maximum Gasteiger partial charge on any atom is 0.295 e. The number of likely N-dealkylation sites (tertiary alicyclic amines) is 1. The lowest BCUT2D eigenvalue weighted by atomic mass is 9.94. The standard InChI is InChI=1S/C26H31NO6/c1-5-14-32-19-10-8-9-18(16-19)24(28)22-23(27(13-15-31-4)26(30)25(22)29)20-11-6-7-12-21(20)33-17(2)3/h6-12,16-17,23,28H,5,13-15H2,1-4H3/b24-22-. The zero-order valence-electron chi connectivity index (χ0n) is 19.5. The maximum absolute atomic E-state index is 13.1. The van der Waals surface area contributed by atoms with Crippen molar-refractivity contribution in [3.8, 4) is 11.5 Å². The van der Waals surface area contributed by atoms with Gasteiger partial charge in [0.2, 0.25) is 0 Å². The van der Waals surface area contributed by atoms with Crippen molar-refractivity contribution in [2.24, 2.45) is 0 Å². The zero-order valence-corrected chi connectivity index (χ0v) is 19.5. The van der Waals surface area contributed by atoms with Crippen LogP contribution in [0.1, 0.15) is 44.4 Å². The van der Waals surface area contributed by atoms with Gasteiger partial charge >= 0.3 is 0 Å². The predicted molar refractivity (Wildman–Crippen MR) is 125 cm³/mol. The van der Waals surface area contributed by atoms with Gasteiger partial charge in [-0.15, -0.1) is 0 Å². The first kappa shape index (κ1) is 24.3. The number of methoxy groups -OCH3 is 1. The van der Waals surface area contributed by atoms with Gasteiger partial charge in [0.15, 0.2) is 0 Å². The van der Waals surface area contributed by atoms with E-state index in [0.29, 0.717) is 29.2 Å². The number of nitrogens with zero attached hydrogens (tertiary/aromatic N) is 1. The van der Waals surface area contributed by atoms with Crippen LogP contribution in [-0.4, -0.2) is 54.7 Å². The second kappa shape index (κ2) is 11.0. The molecule has 1 aliphatic rings. The molecule has 0 spiro atoms. The summed E-state index contributed by atoms with van der Waals surface area (Å²) in [6, 6.07) is 13.3. The smallest absolute Gasteiger partial charge is 0.295 e. The molecular formula is C26H31NO6. The van der Waals surface area contributed by atoms with Crippen molar-refractivity contribution in [1.82, 2.24) is 4.90 Å². The third kappa shape index (κ3) is 5.37. The van der Waals surface area contributed by atoms with Crippen molar-refractivity contribution >= 4 is 17.4 Å². The van der Waals surface area contributed by atoms with Gasteiger partial charge in [0.25, 0.3) is 11.7 Å². The highest BCUT2D eigenvalue weighted by molar-refractivity contribution is 6.46. The number of hydrogen-bond acceptors (Lipinski definition) is 6. The van der Waals surface area contributed by atoms with E-state index in [1.54, 1.807) is 30.3 Å². The summed E-state index contributed by atoms with van der Waals surface area (Å²) < 4.78 is 16.8. The van der Waals surface area contributed by atoms with E-state index in [1.165, 1.54) is 12.0 Å². The van der Waals surface area contributed by atoms with E-state index in [-0.39, 0.29) is 30.6 Å².